The Kier molecular flexibility index (Phi) is 4.55. The van der Waals surface area contributed by atoms with E-state index in [-0.39, 0.29) is 5.91 Å². The average molecular weight is 381 g/mol. The van der Waals surface area contributed by atoms with Crippen molar-refractivity contribution in [1.29, 1.82) is 0 Å². The van der Waals surface area contributed by atoms with Crippen molar-refractivity contribution in [2.24, 2.45) is 0 Å². The maximum absolute atomic E-state index is 12.9. The summed E-state index contributed by atoms with van der Waals surface area (Å²) in [5, 5.41) is 4.35. The van der Waals surface area contributed by atoms with Gasteiger partial charge in [0.15, 0.2) is 10.9 Å². The number of hydrogen-bond acceptors (Lipinski definition) is 6. The fourth-order valence-electron chi connectivity index (χ4n) is 2.99. The largest absolute Gasteiger partial charge is 0.497 e. The summed E-state index contributed by atoms with van der Waals surface area (Å²) in [4.78, 5) is 19.4. The second-order valence-corrected chi connectivity index (χ2v) is 7.48. The lowest BCUT2D eigenvalue weighted by molar-refractivity contribution is 0.0996. The molecule has 27 heavy (non-hydrogen) atoms. The number of methoxy groups -OCH3 is 1. The number of aromatic nitrogens is 1. The van der Waals surface area contributed by atoms with E-state index < -0.39 is 0 Å². The minimum absolute atomic E-state index is 0.297. The van der Waals surface area contributed by atoms with Crippen molar-refractivity contribution in [2.75, 3.05) is 26.5 Å². The number of hydrogen-bond donors (Lipinski definition) is 1. The number of carbonyl (C=O) groups excluding carboxylic acids is 1. The molecule has 138 valence electrons. The molecule has 4 aromatic rings. The highest BCUT2D eigenvalue weighted by Crippen LogP contribution is 2.31. The maximum atomic E-state index is 12.9. The molecule has 0 aliphatic carbocycles. The summed E-state index contributed by atoms with van der Waals surface area (Å²) in [7, 11) is 5.55. The standard InChI is InChI=1S/C20H19N3O3S/c1-23(2)11-14-13-6-4-5-7-16(13)26-18(14)19(24)22-20-21-15-9-8-12(25-3)10-17(15)27-20/h4-10H,11H2,1-3H3,(H,21,22,24). The monoisotopic (exact) mass is 381 g/mol. The molecule has 2 aromatic carbocycles. The maximum Gasteiger partial charge on any atom is 0.293 e. The lowest BCUT2D eigenvalue weighted by atomic mass is 10.1. The molecule has 1 amide bonds. The van der Waals surface area contributed by atoms with E-state index >= 15 is 0 Å². The first-order valence-electron chi connectivity index (χ1n) is 8.46. The molecule has 0 bridgehead atoms. The Bertz CT molecular complexity index is 1130. The molecular formula is C20H19N3O3S. The van der Waals surface area contributed by atoms with Crippen LogP contribution in [0.1, 0.15) is 16.1 Å². The van der Waals surface area contributed by atoms with Gasteiger partial charge in [0, 0.05) is 17.5 Å². The van der Waals surface area contributed by atoms with Gasteiger partial charge in [-0.25, -0.2) is 4.98 Å². The topological polar surface area (TPSA) is 67.6 Å². The van der Waals surface area contributed by atoms with Crippen LogP contribution >= 0.6 is 11.3 Å². The molecule has 0 saturated carbocycles. The molecule has 0 radical (unpaired) electrons. The van der Waals surface area contributed by atoms with E-state index in [1.807, 2.05) is 61.5 Å². The van der Waals surface area contributed by atoms with Crippen LogP contribution in [0.5, 0.6) is 5.75 Å². The number of rotatable bonds is 5. The fraction of sp³-hybridized carbons (Fsp3) is 0.200. The van der Waals surface area contributed by atoms with Crippen LogP contribution in [-0.4, -0.2) is 37.0 Å². The van der Waals surface area contributed by atoms with E-state index in [1.165, 1.54) is 11.3 Å². The first-order chi connectivity index (χ1) is 13.0. The van der Waals surface area contributed by atoms with E-state index in [9.17, 15) is 4.79 Å². The first-order valence-corrected chi connectivity index (χ1v) is 9.28. The molecule has 6 nitrogen and oxygen atoms in total. The van der Waals surface area contributed by atoms with Gasteiger partial charge in [0.1, 0.15) is 11.3 Å². The average Bonchev–Trinajstić information content (AvgIpc) is 3.21. The predicted octanol–water partition coefficient (Wildman–Crippen LogP) is 4.37. The highest BCUT2D eigenvalue weighted by Gasteiger charge is 2.22. The van der Waals surface area contributed by atoms with Gasteiger partial charge in [0.2, 0.25) is 0 Å². The Hall–Kier alpha value is -2.90. The van der Waals surface area contributed by atoms with Gasteiger partial charge in [0.25, 0.3) is 5.91 Å². The molecule has 0 spiro atoms. The Morgan fingerprint density at radius 3 is 2.85 bits per heavy atom. The zero-order chi connectivity index (χ0) is 19.0. The van der Waals surface area contributed by atoms with Gasteiger partial charge >= 0.3 is 0 Å². The second-order valence-electron chi connectivity index (χ2n) is 6.45. The molecular weight excluding hydrogens is 362 g/mol. The van der Waals surface area contributed by atoms with Gasteiger partial charge in [-0.3, -0.25) is 10.1 Å². The van der Waals surface area contributed by atoms with Crippen molar-refractivity contribution in [3.8, 4) is 5.75 Å². The van der Waals surface area contributed by atoms with Crippen molar-refractivity contribution >= 4 is 43.6 Å². The van der Waals surface area contributed by atoms with Gasteiger partial charge in [-0.2, -0.15) is 0 Å². The normalized spacial score (nSPS) is 11.4. The molecule has 0 unspecified atom stereocenters. The molecule has 2 heterocycles. The van der Waals surface area contributed by atoms with Crippen molar-refractivity contribution < 1.29 is 13.9 Å². The zero-order valence-corrected chi connectivity index (χ0v) is 16.1. The zero-order valence-electron chi connectivity index (χ0n) is 15.3. The van der Waals surface area contributed by atoms with E-state index in [0.717, 1.165) is 26.9 Å². The summed E-state index contributed by atoms with van der Waals surface area (Å²) in [5.41, 5.74) is 2.39. The van der Waals surface area contributed by atoms with Crippen molar-refractivity contribution in [1.82, 2.24) is 9.88 Å². The van der Waals surface area contributed by atoms with Crippen LogP contribution in [0.15, 0.2) is 46.9 Å². The second kappa shape index (κ2) is 7.02. The fourth-order valence-corrected chi connectivity index (χ4v) is 3.88. The number of amides is 1. The van der Waals surface area contributed by atoms with Gasteiger partial charge in [-0.05, 0) is 38.4 Å². The summed E-state index contributed by atoms with van der Waals surface area (Å²) < 4.78 is 12.1. The minimum atomic E-state index is -0.297. The lowest BCUT2D eigenvalue weighted by Gasteiger charge is -2.09. The highest BCUT2D eigenvalue weighted by atomic mass is 32.1. The van der Waals surface area contributed by atoms with Crippen molar-refractivity contribution in [3.63, 3.8) is 0 Å². The van der Waals surface area contributed by atoms with Gasteiger partial charge in [-0.15, -0.1) is 0 Å². The Morgan fingerprint density at radius 2 is 2.07 bits per heavy atom. The van der Waals surface area contributed by atoms with Crippen LogP contribution in [0.3, 0.4) is 0 Å². The number of fused-ring (bicyclic) bond motifs is 2. The predicted molar refractivity (Wildman–Crippen MR) is 108 cm³/mol. The smallest absolute Gasteiger partial charge is 0.293 e. The highest BCUT2D eigenvalue weighted by molar-refractivity contribution is 7.22. The number of nitrogens with zero attached hydrogens (tertiary/aromatic N) is 2. The summed E-state index contributed by atoms with van der Waals surface area (Å²) in [6, 6.07) is 13.3. The molecule has 1 N–H and O–H groups in total. The molecule has 0 saturated heterocycles. The molecule has 0 aliphatic rings. The molecule has 0 aliphatic heterocycles. The summed E-state index contributed by atoms with van der Waals surface area (Å²) >= 11 is 1.40. The van der Waals surface area contributed by atoms with Crippen LogP contribution in [0, 0.1) is 0 Å². The summed E-state index contributed by atoms with van der Waals surface area (Å²) in [6.45, 7) is 0.608. The van der Waals surface area contributed by atoms with E-state index in [1.54, 1.807) is 7.11 Å². The number of para-hydroxylation sites is 1. The number of thiazole rings is 1. The third-order valence-electron chi connectivity index (χ3n) is 4.19. The number of nitrogens with one attached hydrogen (secondary N) is 1. The van der Waals surface area contributed by atoms with Crippen LogP contribution in [-0.2, 0) is 6.54 Å². The molecule has 2 aromatic heterocycles. The summed E-state index contributed by atoms with van der Waals surface area (Å²) in [6.07, 6.45) is 0. The third kappa shape index (κ3) is 3.39. The van der Waals surface area contributed by atoms with Crippen molar-refractivity contribution in [2.45, 2.75) is 6.54 Å². The van der Waals surface area contributed by atoms with E-state index in [4.69, 9.17) is 9.15 Å². The number of carbonyl (C=O) groups is 1. The van der Waals surface area contributed by atoms with E-state index in [2.05, 4.69) is 10.3 Å². The number of benzene rings is 2. The third-order valence-corrected chi connectivity index (χ3v) is 5.13. The van der Waals surface area contributed by atoms with Gasteiger partial charge in [0.05, 0.1) is 17.3 Å². The Morgan fingerprint density at radius 1 is 1.26 bits per heavy atom. The summed E-state index contributed by atoms with van der Waals surface area (Å²) in [5.74, 6) is 0.783. The molecule has 7 heteroatoms. The molecule has 0 fully saturated rings. The first kappa shape index (κ1) is 17.5. The number of furan rings is 1. The number of ether oxygens (including phenoxy) is 1. The minimum Gasteiger partial charge on any atom is -0.497 e. The quantitative estimate of drug-likeness (QED) is 0.556. The van der Waals surface area contributed by atoms with Gasteiger partial charge < -0.3 is 14.1 Å². The van der Waals surface area contributed by atoms with Crippen molar-refractivity contribution in [3.05, 3.63) is 53.8 Å². The Balaban J connectivity index is 1.68. The lowest BCUT2D eigenvalue weighted by Crippen LogP contribution is -2.17. The van der Waals surface area contributed by atoms with Gasteiger partial charge in [-0.1, -0.05) is 29.5 Å². The molecule has 0 atom stereocenters. The molecule has 4 rings (SSSR count). The van der Waals surface area contributed by atoms with E-state index in [0.29, 0.717) is 23.0 Å². The Labute approximate surface area is 160 Å². The van der Waals surface area contributed by atoms with Crippen LogP contribution in [0.4, 0.5) is 5.13 Å². The SMILES string of the molecule is COc1ccc2nc(NC(=O)c3oc4ccccc4c3CN(C)C)sc2c1. The number of anilines is 1. The van der Waals surface area contributed by atoms with Crippen LogP contribution in [0.2, 0.25) is 0 Å². The van der Waals surface area contributed by atoms with Crippen LogP contribution < -0.4 is 10.1 Å². The van der Waals surface area contributed by atoms with Crippen LogP contribution in [0.25, 0.3) is 21.2 Å².